The summed E-state index contributed by atoms with van der Waals surface area (Å²) in [6, 6.07) is 0. The van der Waals surface area contributed by atoms with Gasteiger partial charge in [-0.2, -0.15) is 0 Å². The first-order valence-corrected chi connectivity index (χ1v) is 6.32. The number of unbranched alkanes of at least 4 members (excludes halogenated alkanes) is 2. The number of esters is 1. The highest BCUT2D eigenvalue weighted by molar-refractivity contribution is 5.69. The number of rotatable bonds is 10. The lowest BCUT2D eigenvalue weighted by Crippen LogP contribution is -2.14. The average molecular weight is 236 g/mol. The summed E-state index contributed by atoms with van der Waals surface area (Å²) in [5.41, 5.74) is 0. The number of carbonyl (C=O) groups is 1. The average Bonchev–Trinajstić information content (AvgIpc) is 2.35. The lowest BCUT2D eigenvalue weighted by molar-refractivity contribution is -0.146. The van der Waals surface area contributed by atoms with E-state index in [2.05, 4.69) is 25.3 Å². The Hall–Kier alpha value is -1.31. The summed E-state index contributed by atoms with van der Waals surface area (Å²) >= 11 is 0. The van der Waals surface area contributed by atoms with E-state index >= 15 is 0 Å². The van der Waals surface area contributed by atoms with Crippen molar-refractivity contribution < 1.29 is 9.53 Å². The summed E-state index contributed by atoms with van der Waals surface area (Å²) in [5.74, 6) is -0.156. The Morgan fingerprint density at radius 3 is 2.53 bits per heavy atom. The van der Waals surface area contributed by atoms with Gasteiger partial charge in [0.2, 0.25) is 0 Å². The molecule has 0 aromatic rings. The second-order valence-electron chi connectivity index (χ2n) is 3.89. The van der Waals surface area contributed by atoms with Gasteiger partial charge >= 0.3 is 5.97 Å². The predicted molar refractivity (Wildman–Crippen MR) is 72.8 cm³/mol. The maximum atomic E-state index is 11.1. The molecule has 0 N–H and O–H groups in total. The zero-order valence-electron chi connectivity index (χ0n) is 10.9. The molecule has 0 radical (unpaired) electrons. The molecule has 0 aliphatic heterocycles. The van der Waals surface area contributed by atoms with Crippen molar-refractivity contribution >= 4 is 5.97 Å². The number of ether oxygens (including phenoxy) is 1. The van der Waals surface area contributed by atoms with Gasteiger partial charge in [0, 0.05) is 6.42 Å². The van der Waals surface area contributed by atoms with Crippen LogP contribution in [-0.4, -0.2) is 12.1 Å². The van der Waals surface area contributed by atoms with Crippen LogP contribution in [0.1, 0.15) is 45.4 Å². The molecule has 0 bridgehead atoms. The molecule has 0 aromatic heterocycles. The molecule has 0 aromatic carbocycles. The van der Waals surface area contributed by atoms with E-state index in [-0.39, 0.29) is 12.1 Å². The van der Waals surface area contributed by atoms with Crippen molar-refractivity contribution in [3.63, 3.8) is 0 Å². The number of carbonyl (C=O) groups excluding carboxylic acids is 1. The zero-order chi connectivity index (χ0) is 12.9. The lowest BCUT2D eigenvalue weighted by atomic mass is 10.1. The monoisotopic (exact) mass is 236 g/mol. The number of hydrogen-bond acceptors (Lipinski definition) is 2. The van der Waals surface area contributed by atoms with Crippen LogP contribution in [0.5, 0.6) is 0 Å². The molecule has 0 aliphatic carbocycles. The molecular weight excluding hydrogens is 212 g/mol. The van der Waals surface area contributed by atoms with Crippen molar-refractivity contribution in [2.24, 2.45) is 0 Å². The summed E-state index contributed by atoms with van der Waals surface area (Å²) in [7, 11) is 0. The maximum Gasteiger partial charge on any atom is 0.306 e. The summed E-state index contributed by atoms with van der Waals surface area (Å²) in [5, 5.41) is 0. The minimum atomic E-state index is -0.156. The van der Waals surface area contributed by atoms with Gasteiger partial charge in [-0.1, -0.05) is 37.8 Å². The molecule has 96 valence electrons. The molecular formula is C15H24O2. The van der Waals surface area contributed by atoms with Gasteiger partial charge in [-0.15, -0.1) is 6.58 Å². The standard InChI is InChI=1S/C15H24O2/c1-4-7-8-9-10-11-12-13-14(5-2)17-15(16)6-3/h4-5,9-10,14H,1-2,6-8,11-13H2,3H3. The third kappa shape index (κ3) is 9.61. The van der Waals surface area contributed by atoms with Crippen LogP contribution >= 0.6 is 0 Å². The van der Waals surface area contributed by atoms with Crippen LogP contribution in [0.15, 0.2) is 37.5 Å². The fraction of sp³-hybridized carbons (Fsp3) is 0.533. The van der Waals surface area contributed by atoms with E-state index in [0.29, 0.717) is 6.42 Å². The Kier molecular flexibility index (Phi) is 10.3. The lowest BCUT2D eigenvalue weighted by Gasteiger charge is -2.12. The Morgan fingerprint density at radius 1 is 1.24 bits per heavy atom. The Bertz CT molecular complexity index is 254. The van der Waals surface area contributed by atoms with Crippen LogP contribution in [0.4, 0.5) is 0 Å². The normalized spacial score (nSPS) is 12.3. The molecule has 0 fully saturated rings. The van der Waals surface area contributed by atoms with Gasteiger partial charge in [0.25, 0.3) is 0 Å². The molecule has 1 atom stereocenters. The van der Waals surface area contributed by atoms with E-state index < -0.39 is 0 Å². The molecule has 0 rings (SSSR count). The topological polar surface area (TPSA) is 26.3 Å². The minimum Gasteiger partial charge on any atom is -0.458 e. The smallest absolute Gasteiger partial charge is 0.306 e. The van der Waals surface area contributed by atoms with Crippen molar-refractivity contribution in [3.05, 3.63) is 37.5 Å². The Labute approximate surface area is 105 Å². The molecule has 1 unspecified atom stereocenters. The minimum absolute atomic E-state index is 0.135. The number of hydrogen-bond donors (Lipinski definition) is 0. The molecule has 0 saturated heterocycles. The van der Waals surface area contributed by atoms with Crippen LogP contribution in [0.25, 0.3) is 0 Å². The largest absolute Gasteiger partial charge is 0.458 e. The SMILES string of the molecule is C=CCCC=CCCCC(C=C)OC(=O)CC. The van der Waals surface area contributed by atoms with Gasteiger partial charge in [-0.25, -0.2) is 0 Å². The first kappa shape index (κ1) is 15.7. The first-order valence-electron chi connectivity index (χ1n) is 6.32. The summed E-state index contributed by atoms with van der Waals surface area (Å²) in [6.07, 6.45) is 13.2. The van der Waals surface area contributed by atoms with Crippen molar-refractivity contribution in [2.75, 3.05) is 0 Å². The highest BCUT2D eigenvalue weighted by Crippen LogP contribution is 2.08. The fourth-order valence-electron chi connectivity index (χ4n) is 1.36. The van der Waals surface area contributed by atoms with E-state index in [4.69, 9.17) is 4.74 Å². The summed E-state index contributed by atoms with van der Waals surface area (Å²) in [6.45, 7) is 9.15. The Morgan fingerprint density at radius 2 is 1.94 bits per heavy atom. The molecule has 0 amide bonds. The van der Waals surface area contributed by atoms with E-state index in [0.717, 1.165) is 32.1 Å². The van der Waals surface area contributed by atoms with Gasteiger partial charge in [0.15, 0.2) is 0 Å². The third-order valence-corrected chi connectivity index (χ3v) is 2.40. The molecule has 0 aliphatic rings. The van der Waals surface area contributed by atoms with E-state index in [9.17, 15) is 4.79 Å². The van der Waals surface area contributed by atoms with Crippen LogP contribution < -0.4 is 0 Å². The van der Waals surface area contributed by atoms with Crippen molar-refractivity contribution in [1.82, 2.24) is 0 Å². The maximum absolute atomic E-state index is 11.1. The molecule has 0 saturated carbocycles. The number of allylic oxidation sites excluding steroid dienone is 3. The molecule has 17 heavy (non-hydrogen) atoms. The second-order valence-corrected chi connectivity index (χ2v) is 3.89. The third-order valence-electron chi connectivity index (χ3n) is 2.40. The van der Waals surface area contributed by atoms with Gasteiger partial charge in [-0.05, 0) is 32.1 Å². The first-order chi connectivity index (χ1) is 8.24. The molecule has 0 spiro atoms. The zero-order valence-corrected chi connectivity index (χ0v) is 10.9. The highest BCUT2D eigenvalue weighted by Gasteiger charge is 2.08. The van der Waals surface area contributed by atoms with Gasteiger partial charge in [0.1, 0.15) is 6.10 Å². The Balaban J connectivity index is 3.62. The van der Waals surface area contributed by atoms with E-state index in [1.54, 1.807) is 13.0 Å². The van der Waals surface area contributed by atoms with E-state index in [1.807, 2.05) is 6.08 Å². The van der Waals surface area contributed by atoms with Gasteiger partial charge in [-0.3, -0.25) is 4.79 Å². The van der Waals surface area contributed by atoms with Gasteiger partial charge < -0.3 is 4.74 Å². The van der Waals surface area contributed by atoms with Crippen LogP contribution in [0.3, 0.4) is 0 Å². The van der Waals surface area contributed by atoms with Crippen molar-refractivity contribution in [3.8, 4) is 0 Å². The second kappa shape index (κ2) is 11.2. The summed E-state index contributed by atoms with van der Waals surface area (Å²) in [4.78, 5) is 11.1. The van der Waals surface area contributed by atoms with Crippen LogP contribution in [-0.2, 0) is 9.53 Å². The molecule has 0 heterocycles. The molecule has 2 heteroatoms. The van der Waals surface area contributed by atoms with Crippen LogP contribution in [0.2, 0.25) is 0 Å². The highest BCUT2D eigenvalue weighted by atomic mass is 16.5. The fourth-order valence-corrected chi connectivity index (χ4v) is 1.36. The quantitative estimate of drug-likeness (QED) is 0.323. The summed E-state index contributed by atoms with van der Waals surface area (Å²) < 4.78 is 5.20. The van der Waals surface area contributed by atoms with Crippen molar-refractivity contribution in [2.45, 2.75) is 51.6 Å². The van der Waals surface area contributed by atoms with Crippen LogP contribution in [0, 0.1) is 0 Å². The van der Waals surface area contributed by atoms with Crippen molar-refractivity contribution in [1.29, 1.82) is 0 Å². The van der Waals surface area contributed by atoms with E-state index in [1.165, 1.54) is 0 Å². The molecule has 2 nitrogen and oxygen atoms in total. The predicted octanol–water partition coefficient (Wildman–Crippen LogP) is 4.19. The van der Waals surface area contributed by atoms with Gasteiger partial charge in [0.05, 0.1) is 0 Å².